The van der Waals surface area contributed by atoms with Gasteiger partial charge in [-0.2, -0.15) is 0 Å². The second-order valence-electron chi connectivity index (χ2n) is 5.31. The van der Waals surface area contributed by atoms with Gasteiger partial charge in [-0.15, -0.1) is 0 Å². The number of furan rings is 1. The van der Waals surface area contributed by atoms with Gasteiger partial charge in [-0.25, -0.2) is 0 Å². The van der Waals surface area contributed by atoms with E-state index < -0.39 is 0 Å². The number of nitrogens with zero attached hydrogens (tertiary/aromatic N) is 1. The second-order valence-corrected chi connectivity index (χ2v) is 5.31. The minimum atomic E-state index is -0.205. The quantitative estimate of drug-likeness (QED) is 0.931. The molecule has 2 aromatic rings. The molecule has 2 heterocycles. The molecule has 110 valence electrons. The lowest BCUT2D eigenvalue weighted by Gasteiger charge is -2.17. The standard InChI is InChI=1S/C17H20N2O2/c1-2-15-9-10-16(21-15)17(20)18-13-5-7-14(8-6-13)19-11-3-4-12-19/h5-10H,2-4,11-12H2,1H3,(H,18,20). The Balaban J connectivity index is 1.65. The van der Waals surface area contributed by atoms with E-state index in [0.717, 1.165) is 31.0 Å². The number of carbonyl (C=O) groups is 1. The maximum atomic E-state index is 12.1. The van der Waals surface area contributed by atoms with E-state index in [1.165, 1.54) is 18.5 Å². The minimum absolute atomic E-state index is 0.205. The molecule has 21 heavy (non-hydrogen) atoms. The number of anilines is 2. The monoisotopic (exact) mass is 284 g/mol. The number of rotatable bonds is 4. The molecule has 1 aliphatic rings. The molecule has 1 aliphatic heterocycles. The molecule has 1 aromatic heterocycles. The molecule has 3 rings (SSSR count). The summed E-state index contributed by atoms with van der Waals surface area (Å²) < 4.78 is 5.45. The van der Waals surface area contributed by atoms with Crippen molar-refractivity contribution in [1.29, 1.82) is 0 Å². The van der Waals surface area contributed by atoms with Crippen LogP contribution in [0.2, 0.25) is 0 Å². The highest BCUT2D eigenvalue weighted by Crippen LogP contribution is 2.22. The molecular weight excluding hydrogens is 264 g/mol. The predicted octanol–water partition coefficient (Wildman–Crippen LogP) is 3.69. The van der Waals surface area contributed by atoms with Crippen molar-refractivity contribution >= 4 is 17.3 Å². The van der Waals surface area contributed by atoms with Gasteiger partial charge in [0.15, 0.2) is 5.76 Å². The number of carbonyl (C=O) groups excluding carboxylic acids is 1. The van der Waals surface area contributed by atoms with E-state index >= 15 is 0 Å². The average molecular weight is 284 g/mol. The van der Waals surface area contributed by atoms with E-state index in [1.54, 1.807) is 6.07 Å². The maximum absolute atomic E-state index is 12.1. The molecule has 1 N–H and O–H groups in total. The van der Waals surface area contributed by atoms with Crippen LogP contribution in [-0.2, 0) is 6.42 Å². The summed E-state index contributed by atoms with van der Waals surface area (Å²) in [4.78, 5) is 14.4. The van der Waals surface area contributed by atoms with Crippen LogP contribution < -0.4 is 10.2 Å². The van der Waals surface area contributed by atoms with E-state index in [2.05, 4.69) is 22.3 Å². The fourth-order valence-corrected chi connectivity index (χ4v) is 2.61. The van der Waals surface area contributed by atoms with Crippen molar-refractivity contribution in [2.24, 2.45) is 0 Å². The summed E-state index contributed by atoms with van der Waals surface area (Å²) in [5, 5.41) is 2.86. The molecule has 0 radical (unpaired) electrons. The van der Waals surface area contributed by atoms with Crippen molar-refractivity contribution < 1.29 is 9.21 Å². The van der Waals surface area contributed by atoms with Gasteiger partial charge >= 0.3 is 0 Å². The van der Waals surface area contributed by atoms with Crippen LogP contribution in [0.3, 0.4) is 0 Å². The third kappa shape index (κ3) is 3.10. The Morgan fingerprint density at radius 2 is 1.86 bits per heavy atom. The van der Waals surface area contributed by atoms with Gasteiger partial charge in [-0.05, 0) is 49.2 Å². The maximum Gasteiger partial charge on any atom is 0.291 e. The largest absolute Gasteiger partial charge is 0.456 e. The molecule has 0 atom stereocenters. The van der Waals surface area contributed by atoms with Gasteiger partial charge in [0.25, 0.3) is 5.91 Å². The molecule has 0 bridgehead atoms. The highest BCUT2D eigenvalue weighted by Gasteiger charge is 2.13. The minimum Gasteiger partial charge on any atom is -0.456 e. The summed E-state index contributed by atoms with van der Waals surface area (Å²) in [5.41, 5.74) is 2.01. The van der Waals surface area contributed by atoms with Gasteiger partial charge in [0.05, 0.1) is 0 Å². The topological polar surface area (TPSA) is 45.5 Å². The first kappa shape index (κ1) is 13.7. The normalized spacial score (nSPS) is 14.4. The van der Waals surface area contributed by atoms with Crippen molar-refractivity contribution in [1.82, 2.24) is 0 Å². The van der Waals surface area contributed by atoms with Crippen molar-refractivity contribution in [2.45, 2.75) is 26.2 Å². The molecule has 1 amide bonds. The molecule has 0 spiro atoms. The van der Waals surface area contributed by atoms with Crippen LogP contribution in [0.4, 0.5) is 11.4 Å². The average Bonchev–Trinajstić information content (AvgIpc) is 3.19. The lowest BCUT2D eigenvalue weighted by molar-refractivity contribution is 0.0995. The molecule has 4 heteroatoms. The van der Waals surface area contributed by atoms with Gasteiger partial charge in [-0.1, -0.05) is 6.92 Å². The van der Waals surface area contributed by atoms with Crippen molar-refractivity contribution in [3.8, 4) is 0 Å². The summed E-state index contributed by atoms with van der Waals surface area (Å²) in [6.45, 7) is 4.24. The Hall–Kier alpha value is -2.23. The molecular formula is C17H20N2O2. The van der Waals surface area contributed by atoms with Crippen LogP contribution in [0.25, 0.3) is 0 Å². The second kappa shape index (κ2) is 6.04. The van der Waals surface area contributed by atoms with Gasteiger partial charge in [-0.3, -0.25) is 4.79 Å². The first-order valence-electron chi connectivity index (χ1n) is 7.51. The molecule has 0 saturated carbocycles. The molecule has 1 aromatic carbocycles. The number of amides is 1. The van der Waals surface area contributed by atoms with Crippen LogP contribution in [0.15, 0.2) is 40.8 Å². The number of hydrogen-bond donors (Lipinski definition) is 1. The molecule has 0 aliphatic carbocycles. The zero-order valence-electron chi connectivity index (χ0n) is 12.3. The summed E-state index contributed by atoms with van der Waals surface area (Å²) in [7, 11) is 0. The van der Waals surface area contributed by atoms with Gasteiger partial charge in [0, 0.05) is 30.9 Å². The van der Waals surface area contributed by atoms with Crippen LogP contribution in [0.5, 0.6) is 0 Å². The lowest BCUT2D eigenvalue weighted by Crippen LogP contribution is -2.17. The predicted molar refractivity (Wildman–Crippen MR) is 83.9 cm³/mol. The van der Waals surface area contributed by atoms with E-state index in [4.69, 9.17) is 4.42 Å². The van der Waals surface area contributed by atoms with Gasteiger partial charge < -0.3 is 14.6 Å². The zero-order chi connectivity index (χ0) is 14.7. The van der Waals surface area contributed by atoms with Crippen LogP contribution in [0.1, 0.15) is 36.1 Å². The SMILES string of the molecule is CCc1ccc(C(=O)Nc2ccc(N3CCCC3)cc2)o1. The fourth-order valence-electron chi connectivity index (χ4n) is 2.61. The molecule has 4 nitrogen and oxygen atoms in total. The summed E-state index contributed by atoms with van der Waals surface area (Å²) in [6.07, 6.45) is 3.31. The van der Waals surface area contributed by atoms with Crippen molar-refractivity contribution in [3.05, 3.63) is 47.9 Å². The Morgan fingerprint density at radius 1 is 1.14 bits per heavy atom. The molecule has 0 unspecified atom stereocenters. The Kier molecular flexibility index (Phi) is 3.95. The summed E-state index contributed by atoms with van der Waals surface area (Å²) in [5.74, 6) is 0.976. The summed E-state index contributed by atoms with van der Waals surface area (Å²) >= 11 is 0. The summed E-state index contributed by atoms with van der Waals surface area (Å²) in [6, 6.07) is 11.5. The third-order valence-electron chi connectivity index (χ3n) is 3.83. The van der Waals surface area contributed by atoms with Crippen molar-refractivity contribution in [2.75, 3.05) is 23.3 Å². The Labute approximate surface area is 124 Å². The van der Waals surface area contributed by atoms with E-state index in [-0.39, 0.29) is 5.91 Å². The van der Waals surface area contributed by atoms with Crippen LogP contribution >= 0.6 is 0 Å². The van der Waals surface area contributed by atoms with Gasteiger partial charge in [0.1, 0.15) is 5.76 Å². The zero-order valence-corrected chi connectivity index (χ0v) is 12.3. The first-order valence-corrected chi connectivity index (χ1v) is 7.51. The van der Waals surface area contributed by atoms with E-state index in [9.17, 15) is 4.79 Å². The van der Waals surface area contributed by atoms with Crippen LogP contribution in [0, 0.1) is 0 Å². The van der Waals surface area contributed by atoms with E-state index in [0.29, 0.717) is 5.76 Å². The smallest absolute Gasteiger partial charge is 0.291 e. The molecule has 1 fully saturated rings. The number of aryl methyl sites for hydroxylation is 1. The highest BCUT2D eigenvalue weighted by atomic mass is 16.3. The van der Waals surface area contributed by atoms with E-state index in [1.807, 2.05) is 25.1 Å². The Morgan fingerprint density at radius 3 is 2.48 bits per heavy atom. The molecule has 1 saturated heterocycles. The fraction of sp³-hybridized carbons (Fsp3) is 0.353. The third-order valence-corrected chi connectivity index (χ3v) is 3.83. The highest BCUT2D eigenvalue weighted by molar-refractivity contribution is 6.02. The van der Waals surface area contributed by atoms with Gasteiger partial charge in [0.2, 0.25) is 0 Å². The lowest BCUT2D eigenvalue weighted by atomic mass is 10.2. The first-order chi connectivity index (χ1) is 10.3. The number of nitrogens with one attached hydrogen (secondary N) is 1. The number of hydrogen-bond acceptors (Lipinski definition) is 3. The number of benzene rings is 1. The van der Waals surface area contributed by atoms with Crippen LogP contribution in [-0.4, -0.2) is 19.0 Å². The Bertz CT molecular complexity index is 610. The van der Waals surface area contributed by atoms with Crippen molar-refractivity contribution in [3.63, 3.8) is 0 Å².